The summed E-state index contributed by atoms with van der Waals surface area (Å²) < 4.78 is 5.10. The third-order valence-corrected chi connectivity index (χ3v) is 2.61. The van der Waals surface area contributed by atoms with E-state index in [9.17, 15) is 4.79 Å². The van der Waals surface area contributed by atoms with Crippen LogP contribution in [-0.2, 0) is 17.6 Å². The Balaban J connectivity index is 2.63. The number of carbonyl (C=O) groups is 1. The minimum absolute atomic E-state index is 0.206. The minimum atomic E-state index is -0.206. The number of nitrogens with two attached hydrogens (primary N) is 1. The molecule has 3 heteroatoms. The second kappa shape index (κ2) is 3.01. The zero-order valence-corrected chi connectivity index (χ0v) is 8.39. The summed E-state index contributed by atoms with van der Waals surface area (Å²) in [5.41, 5.74) is 9.63. The fourth-order valence-corrected chi connectivity index (χ4v) is 1.86. The molecule has 2 rings (SSSR count). The van der Waals surface area contributed by atoms with Crippen LogP contribution in [0.5, 0.6) is 5.75 Å². The normalized spacial score (nSPS) is 14.0. The zero-order chi connectivity index (χ0) is 10.3. The van der Waals surface area contributed by atoms with Gasteiger partial charge in [-0.15, -0.1) is 0 Å². The maximum atomic E-state index is 11.1. The molecule has 0 amide bonds. The zero-order valence-electron chi connectivity index (χ0n) is 8.39. The van der Waals surface area contributed by atoms with Crippen molar-refractivity contribution in [3.05, 3.63) is 22.8 Å². The molecule has 0 radical (unpaired) electrons. The minimum Gasteiger partial charge on any atom is -0.426 e. The molecule has 0 saturated carbocycles. The average Bonchev–Trinajstić information content (AvgIpc) is 2.54. The summed E-state index contributed by atoms with van der Waals surface area (Å²) in [7, 11) is 0. The number of hydrogen-bond acceptors (Lipinski definition) is 3. The molecule has 1 heterocycles. The van der Waals surface area contributed by atoms with Gasteiger partial charge in [-0.3, -0.25) is 4.79 Å². The van der Waals surface area contributed by atoms with Crippen LogP contribution in [0.4, 0.5) is 5.69 Å². The molecule has 0 bridgehead atoms. The highest BCUT2D eigenvalue weighted by Crippen LogP contribution is 2.36. The Bertz CT molecular complexity index is 410. The molecule has 0 saturated heterocycles. The molecule has 0 fully saturated rings. The van der Waals surface area contributed by atoms with E-state index in [2.05, 4.69) is 6.92 Å². The molecule has 14 heavy (non-hydrogen) atoms. The highest BCUT2D eigenvalue weighted by atomic mass is 16.5. The van der Waals surface area contributed by atoms with Gasteiger partial charge in [-0.2, -0.15) is 0 Å². The first-order valence-corrected chi connectivity index (χ1v) is 4.75. The Kier molecular flexibility index (Phi) is 1.95. The lowest BCUT2D eigenvalue weighted by atomic mass is 10.00. The van der Waals surface area contributed by atoms with Crippen molar-refractivity contribution in [3.8, 4) is 5.75 Å². The molecule has 1 aliphatic rings. The van der Waals surface area contributed by atoms with Crippen molar-refractivity contribution < 1.29 is 9.53 Å². The van der Waals surface area contributed by atoms with Crippen molar-refractivity contribution in [1.29, 1.82) is 0 Å². The average molecular weight is 191 g/mol. The van der Waals surface area contributed by atoms with Crippen molar-refractivity contribution in [3.63, 3.8) is 0 Å². The van der Waals surface area contributed by atoms with Gasteiger partial charge in [-0.25, -0.2) is 0 Å². The van der Waals surface area contributed by atoms with Gasteiger partial charge in [0.05, 0.1) is 6.42 Å². The molecule has 0 aromatic heterocycles. The van der Waals surface area contributed by atoms with E-state index in [1.54, 1.807) is 0 Å². The van der Waals surface area contributed by atoms with Crippen LogP contribution in [0.2, 0.25) is 0 Å². The highest BCUT2D eigenvalue weighted by Gasteiger charge is 2.25. The Morgan fingerprint density at radius 1 is 1.57 bits per heavy atom. The van der Waals surface area contributed by atoms with Crippen molar-refractivity contribution in [1.82, 2.24) is 0 Å². The lowest BCUT2D eigenvalue weighted by molar-refractivity contribution is -0.131. The van der Waals surface area contributed by atoms with E-state index in [0.29, 0.717) is 12.2 Å². The largest absolute Gasteiger partial charge is 0.426 e. The maximum absolute atomic E-state index is 11.1. The number of nitrogen functional groups attached to an aromatic ring is 1. The van der Waals surface area contributed by atoms with E-state index in [4.69, 9.17) is 10.5 Å². The summed E-state index contributed by atoms with van der Waals surface area (Å²) in [5.74, 6) is 0.466. The standard InChI is InChI=1S/C11H13NO2/c1-3-7-4-6(2)11-8(10(7)12)5-9(13)14-11/h4H,3,5,12H2,1-2H3. The van der Waals surface area contributed by atoms with Gasteiger partial charge in [0.1, 0.15) is 5.75 Å². The first-order valence-electron chi connectivity index (χ1n) is 4.75. The number of fused-ring (bicyclic) bond motifs is 1. The molecule has 1 aliphatic heterocycles. The number of benzene rings is 1. The van der Waals surface area contributed by atoms with E-state index in [1.807, 2.05) is 13.0 Å². The van der Waals surface area contributed by atoms with Gasteiger partial charge in [-0.1, -0.05) is 13.0 Å². The maximum Gasteiger partial charge on any atom is 0.315 e. The molecule has 1 aromatic carbocycles. The first-order chi connectivity index (χ1) is 6.63. The molecular formula is C11H13NO2. The van der Waals surface area contributed by atoms with E-state index >= 15 is 0 Å². The Morgan fingerprint density at radius 3 is 2.93 bits per heavy atom. The van der Waals surface area contributed by atoms with Crippen LogP contribution < -0.4 is 10.5 Å². The number of anilines is 1. The summed E-state index contributed by atoms with van der Waals surface area (Å²) in [6, 6.07) is 1.99. The van der Waals surface area contributed by atoms with Crippen LogP contribution in [-0.4, -0.2) is 5.97 Å². The topological polar surface area (TPSA) is 52.3 Å². The molecule has 1 aromatic rings. The first kappa shape index (κ1) is 9.06. The lowest BCUT2D eigenvalue weighted by Crippen LogP contribution is -2.01. The lowest BCUT2D eigenvalue weighted by Gasteiger charge is -2.09. The van der Waals surface area contributed by atoms with Crippen molar-refractivity contribution in [2.24, 2.45) is 0 Å². The van der Waals surface area contributed by atoms with Crippen LogP contribution in [0.25, 0.3) is 0 Å². The van der Waals surface area contributed by atoms with Crippen LogP contribution in [0.1, 0.15) is 23.6 Å². The fraction of sp³-hybridized carbons (Fsp3) is 0.364. The highest BCUT2D eigenvalue weighted by molar-refractivity contribution is 5.85. The molecule has 0 aliphatic carbocycles. The second-order valence-corrected chi connectivity index (χ2v) is 3.58. The predicted molar refractivity (Wildman–Crippen MR) is 54.3 cm³/mol. The summed E-state index contributed by atoms with van der Waals surface area (Å²) >= 11 is 0. The van der Waals surface area contributed by atoms with E-state index in [1.165, 1.54) is 0 Å². The van der Waals surface area contributed by atoms with Gasteiger partial charge in [0.2, 0.25) is 0 Å². The van der Waals surface area contributed by atoms with Gasteiger partial charge in [-0.05, 0) is 24.5 Å². The van der Waals surface area contributed by atoms with Gasteiger partial charge in [0.15, 0.2) is 0 Å². The fourth-order valence-electron chi connectivity index (χ4n) is 1.86. The molecule has 2 N–H and O–H groups in total. The summed E-state index contributed by atoms with van der Waals surface area (Å²) in [6.45, 7) is 3.99. The quantitative estimate of drug-likeness (QED) is 0.416. The number of esters is 1. The monoisotopic (exact) mass is 191 g/mol. The molecule has 0 atom stereocenters. The summed E-state index contributed by atoms with van der Waals surface area (Å²) in [4.78, 5) is 11.1. The number of ether oxygens (including phenoxy) is 1. The smallest absolute Gasteiger partial charge is 0.315 e. The van der Waals surface area contributed by atoms with Gasteiger partial charge in [0, 0.05) is 11.3 Å². The van der Waals surface area contributed by atoms with Gasteiger partial charge < -0.3 is 10.5 Å². The second-order valence-electron chi connectivity index (χ2n) is 3.58. The summed E-state index contributed by atoms with van der Waals surface area (Å²) in [6.07, 6.45) is 1.20. The number of carbonyl (C=O) groups excluding carboxylic acids is 1. The van der Waals surface area contributed by atoms with Crippen LogP contribution in [0.3, 0.4) is 0 Å². The van der Waals surface area contributed by atoms with Crippen LogP contribution in [0.15, 0.2) is 6.07 Å². The van der Waals surface area contributed by atoms with E-state index in [-0.39, 0.29) is 5.97 Å². The Labute approximate surface area is 82.9 Å². The molecule has 74 valence electrons. The third kappa shape index (κ3) is 1.16. The van der Waals surface area contributed by atoms with Crippen LogP contribution in [0, 0.1) is 6.92 Å². The number of hydrogen-bond donors (Lipinski definition) is 1. The molecule has 3 nitrogen and oxygen atoms in total. The predicted octanol–water partition coefficient (Wildman–Crippen LogP) is 1.60. The molecular weight excluding hydrogens is 178 g/mol. The van der Waals surface area contributed by atoms with Crippen LogP contribution >= 0.6 is 0 Å². The Morgan fingerprint density at radius 2 is 2.29 bits per heavy atom. The van der Waals surface area contributed by atoms with Gasteiger partial charge >= 0.3 is 5.97 Å². The third-order valence-electron chi connectivity index (χ3n) is 2.61. The van der Waals surface area contributed by atoms with Gasteiger partial charge in [0.25, 0.3) is 0 Å². The van der Waals surface area contributed by atoms with E-state index < -0.39 is 0 Å². The number of aryl methyl sites for hydroxylation is 2. The van der Waals surface area contributed by atoms with Crippen molar-refractivity contribution in [2.75, 3.05) is 5.73 Å². The van der Waals surface area contributed by atoms with E-state index in [0.717, 1.165) is 28.8 Å². The molecule has 0 unspecified atom stereocenters. The SMILES string of the molecule is CCc1cc(C)c2c(c1N)CC(=O)O2. The van der Waals surface area contributed by atoms with Crippen molar-refractivity contribution >= 4 is 11.7 Å². The molecule has 0 spiro atoms. The Hall–Kier alpha value is -1.51. The summed E-state index contributed by atoms with van der Waals surface area (Å²) in [5, 5.41) is 0. The van der Waals surface area contributed by atoms with Crippen molar-refractivity contribution in [2.45, 2.75) is 26.7 Å². The number of rotatable bonds is 1.